The van der Waals surface area contributed by atoms with E-state index in [0.29, 0.717) is 35.7 Å². The van der Waals surface area contributed by atoms with Gasteiger partial charge in [-0.2, -0.15) is 4.98 Å². The van der Waals surface area contributed by atoms with Crippen molar-refractivity contribution in [2.75, 3.05) is 19.4 Å². The molecule has 4 aliphatic rings. The maximum atomic E-state index is 12.3. The molecule has 3 N–H and O–H groups in total. The van der Waals surface area contributed by atoms with Gasteiger partial charge in [-0.25, -0.2) is 4.79 Å². The van der Waals surface area contributed by atoms with Crippen molar-refractivity contribution in [2.24, 2.45) is 28.6 Å². The molecule has 5 rings (SSSR count). The fraction of sp³-hybridized carbons (Fsp3) is 0.739. The molecule has 8 nitrogen and oxygen atoms in total. The van der Waals surface area contributed by atoms with Gasteiger partial charge in [-0.1, -0.05) is 19.9 Å². The van der Waals surface area contributed by atoms with Crippen molar-refractivity contribution >= 4 is 17.9 Å². The molecule has 0 saturated heterocycles. The van der Waals surface area contributed by atoms with E-state index in [-0.39, 0.29) is 22.8 Å². The van der Waals surface area contributed by atoms with Gasteiger partial charge in [0.15, 0.2) is 0 Å². The van der Waals surface area contributed by atoms with E-state index in [4.69, 9.17) is 0 Å². The Bertz CT molecular complexity index is 927. The Labute approximate surface area is 183 Å². The largest absolute Gasteiger partial charge is 0.341 e. The second kappa shape index (κ2) is 7.07. The molecular weight excluding hydrogens is 392 g/mol. The lowest BCUT2D eigenvalue weighted by molar-refractivity contribution is -0.138. The average molecular weight is 427 g/mol. The van der Waals surface area contributed by atoms with Crippen LogP contribution in [0.4, 0.5) is 10.7 Å². The number of carbonyl (C=O) groups is 2. The van der Waals surface area contributed by atoms with Crippen LogP contribution in [-0.2, 0) is 4.79 Å². The zero-order chi connectivity index (χ0) is 22.0. The molecule has 8 heteroatoms. The third-order valence-electron chi connectivity index (χ3n) is 9.41. The van der Waals surface area contributed by atoms with Gasteiger partial charge in [0.05, 0.1) is 0 Å². The van der Waals surface area contributed by atoms with Crippen molar-refractivity contribution in [3.63, 3.8) is 0 Å². The minimum Gasteiger partial charge on any atom is -0.341 e. The highest BCUT2D eigenvalue weighted by Crippen LogP contribution is 2.67. The molecule has 3 aliphatic carbocycles. The van der Waals surface area contributed by atoms with Gasteiger partial charge in [-0.05, 0) is 67.8 Å². The summed E-state index contributed by atoms with van der Waals surface area (Å²) in [4.78, 5) is 30.5. The molecule has 0 unspecified atom stereocenters. The molecule has 168 valence electrons. The predicted molar refractivity (Wildman–Crippen MR) is 117 cm³/mol. The summed E-state index contributed by atoms with van der Waals surface area (Å²) in [6.07, 6.45) is 11.0. The molecule has 3 fully saturated rings. The molecule has 1 aliphatic heterocycles. The third kappa shape index (κ3) is 2.93. The number of likely N-dealkylation sites (N-methyl/N-ethyl adjacent to an activating group) is 1. The van der Waals surface area contributed by atoms with Crippen LogP contribution in [0.3, 0.4) is 0 Å². The van der Waals surface area contributed by atoms with Crippen LogP contribution in [0, 0.1) is 28.6 Å². The summed E-state index contributed by atoms with van der Waals surface area (Å²) in [5.41, 5.74) is 0.260. The Morgan fingerprint density at radius 1 is 1.19 bits per heavy atom. The van der Waals surface area contributed by atoms with E-state index in [0.717, 1.165) is 25.1 Å². The number of anilines is 1. The first-order valence-electron chi connectivity index (χ1n) is 11.6. The van der Waals surface area contributed by atoms with E-state index in [1.807, 2.05) is 11.9 Å². The summed E-state index contributed by atoms with van der Waals surface area (Å²) in [6.45, 7) is 4.83. The van der Waals surface area contributed by atoms with Gasteiger partial charge in [-0.15, -0.1) is 5.10 Å². The van der Waals surface area contributed by atoms with Gasteiger partial charge >= 0.3 is 6.03 Å². The Hall–Kier alpha value is -2.38. The summed E-state index contributed by atoms with van der Waals surface area (Å²) in [6, 6.07) is 0.0102. The van der Waals surface area contributed by atoms with Crippen LogP contribution in [0.2, 0.25) is 0 Å². The number of aromatic nitrogens is 3. The number of H-pyrrole nitrogens is 1. The van der Waals surface area contributed by atoms with Gasteiger partial charge in [0.1, 0.15) is 5.82 Å². The maximum absolute atomic E-state index is 12.3. The number of rotatable bonds is 2. The van der Waals surface area contributed by atoms with Crippen LogP contribution in [0.15, 0.2) is 12.2 Å². The van der Waals surface area contributed by atoms with Crippen LogP contribution in [0.5, 0.6) is 0 Å². The fourth-order valence-corrected chi connectivity index (χ4v) is 7.84. The Morgan fingerprint density at radius 2 is 2.00 bits per heavy atom. The van der Waals surface area contributed by atoms with E-state index in [1.165, 1.54) is 19.3 Å². The van der Waals surface area contributed by atoms with Gasteiger partial charge < -0.3 is 10.2 Å². The number of urea groups is 1. The van der Waals surface area contributed by atoms with Crippen molar-refractivity contribution < 1.29 is 9.59 Å². The number of aromatic amines is 1. The molecule has 31 heavy (non-hydrogen) atoms. The molecular formula is C23H34N6O2. The van der Waals surface area contributed by atoms with Crippen molar-refractivity contribution in [3.8, 4) is 0 Å². The fourth-order valence-electron chi connectivity index (χ4n) is 7.84. The number of hydrogen-bond donors (Lipinski definition) is 3. The van der Waals surface area contributed by atoms with Crippen LogP contribution in [0.1, 0.15) is 64.1 Å². The van der Waals surface area contributed by atoms with Crippen LogP contribution in [0.25, 0.3) is 0 Å². The smallest absolute Gasteiger partial charge is 0.321 e. The molecule has 3 saturated carbocycles. The Morgan fingerprint density at radius 3 is 2.77 bits per heavy atom. The highest BCUT2D eigenvalue weighted by molar-refractivity contribution is 5.89. The molecule has 0 spiro atoms. The number of fused-ring (bicyclic) bond motifs is 5. The number of nitrogens with zero attached hydrogens (tertiary/aromatic N) is 3. The molecule has 0 aromatic carbocycles. The predicted octanol–water partition coefficient (Wildman–Crippen LogP) is 3.28. The van der Waals surface area contributed by atoms with Crippen LogP contribution >= 0.6 is 0 Å². The second-order valence-corrected chi connectivity index (χ2v) is 10.5. The summed E-state index contributed by atoms with van der Waals surface area (Å²) in [5, 5.41) is 12.5. The Balaban J connectivity index is 1.39. The van der Waals surface area contributed by atoms with E-state index in [9.17, 15) is 9.59 Å². The van der Waals surface area contributed by atoms with Crippen LogP contribution in [-0.4, -0.2) is 52.2 Å². The number of hydrogen-bond acceptors (Lipinski definition) is 4. The number of nitrogens with one attached hydrogen (secondary N) is 3. The van der Waals surface area contributed by atoms with E-state index in [2.05, 4.69) is 45.7 Å². The molecule has 0 bridgehead atoms. The standard InChI is InChI=1S/C23H34N6O2/c1-22-11-9-15-13(5-8-17-23(15,2)12-10-18(30)29(17)4)14(22)6-7-16(22)19-25-20(28-27-19)26-21(31)24-3/h10,12-17H,5-9,11H2,1-4H3,(H3,24,25,26,27,28,31)/t13-,14-,15-,16+,17+,22-,23+/m0/s1. The highest BCUT2D eigenvalue weighted by atomic mass is 16.2. The SMILES string of the molecule is CNC(=O)Nc1n[nH]c([C@H]2CC[C@H]3[C@@H]4CC[C@H]5N(C)C(=O)C=C[C@]5(C)[C@H]4CC[C@]23C)n1. The Kier molecular flexibility index (Phi) is 4.68. The number of carbonyl (C=O) groups excluding carboxylic acids is 2. The minimum absolute atomic E-state index is 0.0713. The lowest BCUT2D eigenvalue weighted by Gasteiger charge is -2.60. The zero-order valence-electron chi connectivity index (χ0n) is 18.9. The first kappa shape index (κ1) is 20.5. The number of amides is 3. The molecule has 1 aromatic heterocycles. The van der Waals surface area contributed by atoms with Crippen molar-refractivity contribution in [1.29, 1.82) is 0 Å². The van der Waals surface area contributed by atoms with Crippen molar-refractivity contribution in [1.82, 2.24) is 25.4 Å². The lowest BCUT2D eigenvalue weighted by Crippen LogP contribution is -2.59. The van der Waals surface area contributed by atoms with Crippen molar-refractivity contribution in [2.45, 2.75) is 64.3 Å². The highest BCUT2D eigenvalue weighted by Gasteiger charge is 2.61. The van der Waals surface area contributed by atoms with E-state index >= 15 is 0 Å². The van der Waals surface area contributed by atoms with Gasteiger partial charge in [0.25, 0.3) is 0 Å². The van der Waals surface area contributed by atoms with E-state index in [1.54, 1.807) is 13.1 Å². The third-order valence-corrected chi connectivity index (χ3v) is 9.41. The summed E-state index contributed by atoms with van der Waals surface area (Å²) in [7, 11) is 3.55. The second-order valence-electron chi connectivity index (χ2n) is 10.5. The summed E-state index contributed by atoms with van der Waals surface area (Å²) < 4.78 is 0. The van der Waals surface area contributed by atoms with Crippen LogP contribution < -0.4 is 10.6 Å². The minimum atomic E-state index is -0.310. The monoisotopic (exact) mass is 426 g/mol. The molecule has 2 heterocycles. The summed E-state index contributed by atoms with van der Waals surface area (Å²) >= 11 is 0. The molecule has 0 radical (unpaired) electrons. The molecule has 7 atom stereocenters. The summed E-state index contributed by atoms with van der Waals surface area (Å²) in [5.74, 6) is 3.68. The molecule has 3 amide bonds. The first-order valence-corrected chi connectivity index (χ1v) is 11.6. The van der Waals surface area contributed by atoms with E-state index < -0.39 is 0 Å². The lowest BCUT2D eigenvalue weighted by atomic mass is 9.47. The van der Waals surface area contributed by atoms with Gasteiger partial charge in [0.2, 0.25) is 11.9 Å². The van der Waals surface area contributed by atoms with Crippen molar-refractivity contribution in [3.05, 3.63) is 18.0 Å². The van der Waals surface area contributed by atoms with Gasteiger partial charge in [0, 0.05) is 31.5 Å². The topological polar surface area (TPSA) is 103 Å². The first-order chi connectivity index (χ1) is 14.8. The van der Waals surface area contributed by atoms with Gasteiger partial charge in [-0.3, -0.25) is 15.2 Å². The molecule has 1 aromatic rings. The average Bonchev–Trinajstić information content (AvgIpc) is 3.34. The zero-order valence-corrected chi connectivity index (χ0v) is 18.9. The normalized spacial score (nSPS) is 41.4. The quantitative estimate of drug-likeness (QED) is 0.675. The maximum Gasteiger partial charge on any atom is 0.321 e.